The third-order valence-corrected chi connectivity index (χ3v) is 4.13. The Kier molecular flexibility index (Phi) is 3.36. The first-order valence-corrected chi connectivity index (χ1v) is 6.75. The summed E-state index contributed by atoms with van der Waals surface area (Å²) in [4.78, 5) is 0. The van der Waals surface area contributed by atoms with E-state index in [1.807, 2.05) is 0 Å². The molecule has 0 amide bonds. The molecule has 17 heavy (non-hydrogen) atoms. The van der Waals surface area contributed by atoms with E-state index >= 15 is 0 Å². The summed E-state index contributed by atoms with van der Waals surface area (Å²) in [6.45, 7) is 9.00. The summed E-state index contributed by atoms with van der Waals surface area (Å²) >= 11 is 6.36. The van der Waals surface area contributed by atoms with Gasteiger partial charge in [-0.05, 0) is 34.8 Å². The lowest BCUT2D eigenvalue weighted by Gasteiger charge is -2.06. The molecular weight excluding hydrogens is 228 g/mol. The lowest BCUT2D eigenvalue weighted by molar-refractivity contribution is 0.611. The lowest BCUT2D eigenvalue weighted by atomic mass is 10.0. The van der Waals surface area contributed by atoms with Crippen molar-refractivity contribution in [1.29, 1.82) is 0 Å². The van der Waals surface area contributed by atoms with Crippen LogP contribution in [0.5, 0.6) is 0 Å². The van der Waals surface area contributed by atoms with E-state index in [2.05, 4.69) is 58.0 Å². The summed E-state index contributed by atoms with van der Waals surface area (Å²) in [7, 11) is 0. The van der Waals surface area contributed by atoms with Gasteiger partial charge in [0.05, 0.1) is 0 Å². The van der Waals surface area contributed by atoms with Gasteiger partial charge in [-0.3, -0.25) is 0 Å². The molecule has 0 spiro atoms. The minimum atomic E-state index is 0.456. The van der Waals surface area contributed by atoms with E-state index in [4.69, 9.17) is 11.6 Å². The summed E-state index contributed by atoms with van der Waals surface area (Å²) in [5.41, 5.74) is 2.96. The van der Waals surface area contributed by atoms with Crippen LogP contribution in [0.4, 0.5) is 0 Å². The van der Waals surface area contributed by atoms with Gasteiger partial charge in [-0.2, -0.15) is 0 Å². The van der Waals surface area contributed by atoms with Gasteiger partial charge in [0.2, 0.25) is 0 Å². The van der Waals surface area contributed by atoms with Gasteiger partial charge in [0.25, 0.3) is 0 Å². The van der Waals surface area contributed by atoms with Crippen LogP contribution in [0.15, 0.2) is 30.3 Å². The molecule has 1 atom stereocenters. The molecule has 92 valence electrons. The minimum Gasteiger partial charge on any atom is -0.0840 e. The Morgan fingerprint density at radius 3 is 2.24 bits per heavy atom. The second kappa shape index (κ2) is 4.49. The standard InChI is InChI=1S/C16H21Cl/c1-11(2)12-5-7-13(8-6-12)15(17)9-14-10-16(14,3)4/h5-9,11,14H,10H2,1-4H3. The van der Waals surface area contributed by atoms with Crippen molar-refractivity contribution in [2.75, 3.05) is 0 Å². The molecule has 1 fully saturated rings. The van der Waals surface area contributed by atoms with E-state index in [0.29, 0.717) is 17.3 Å². The van der Waals surface area contributed by atoms with Crippen molar-refractivity contribution < 1.29 is 0 Å². The monoisotopic (exact) mass is 248 g/mol. The van der Waals surface area contributed by atoms with Crippen molar-refractivity contribution >= 4 is 16.6 Å². The summed E-state index contributed by atoms with van der Waals surface area (Å²) in [6, 6.07) is 8.61. The van der Waals surface area contributed by atoms with Gasteiger partial charge in [-0.25, -0.2) is 0 Å². The topological polar surface area (TPSA) is 0 Å². The number of hydrogen-bond acceptors (Lipinski definition) is 0. The Balaban J connectivity index is 2.12. The van der Waals surface area contributed by atoms with Crippen LogP contribution < -0.4 is 0 Å². The maximum atomic E-state index is 6.36. The van der Waals surface area contributed by atoms with Gasteiger partial charge in [0.1, 0.15) is 0 Å². The minimum absolute atomic E-state index is 0.456. The second-order valence-electron chi connectivity index (χ2n) is 6.09. The third kappa shape index (κ3) is 2.93. The van der Waals surface area contributed by atoms with E-state index in [9.17, 15) is 0 Å². The molecule has 0 aromatic heterocycles. The van der Waals surface area contributed by atoms with Gasteiger partial charge in [-0.1, -0.05) is 69.6 Å². The first-order valence-electron chi connectivity index (χ1n) is 6.38. The van der Waals surface area contributed by atoms with Gasteiger partial charge in [0, 0.05) is 5.03 Å². The highest BCUT2D eigenvalue weighted by atomic mass is 35.5. The number of allylic oxidation sites excluding steroid dienone is 1. The molecule has 1 aliphatic carbocycles. The molecule has 1 unspecified atom stereocenters. The maximum absolute atomic E-state index is 6.36. The molecule has 0 nitrogen and oxygen atoms in total. The van der Waals surface area contributed by atoms with Gasteiger partial charge in [-0.15, -0.1) is 0 Å². The van der Waals surface area contributed by atoms with E-state index in [0.717, 1.165) is 10.6 Å². The second-order valence-corrected chi connectivity index (χ2v) is 6.50. The predicted molar refractivity (Wildman–Crippen MR) is 76.2 cm³/mol. The molecule has 0 saturated heterocycles. The summed E-state index contributed by atoms with van der Waals surface area (Å²) in [5.74, 6) is 1.23. The Hall–Kier alpha value is -0.750. The molecule has 0 heterocycles. The molecule has 0 bridgehead atoms. The average molecular weight is 249 g/mol. The van der Waals surface area contributed by atoms with E-state index < -0.39 is 0 Å². The van der Waals surface area contributed by atoms with Crippen LogP contribution in [-0.4, -0.2) is 0 Å². The zero-order valence-electron chi connectivity index (χ0n) is 11.1. The van der Waals surface area contributed by atoms with Crippen LogP contribution in [0.3, 0.4) is 0 Å². The van der Waals surface area contributed by atoms with E-state index in [1.165, 1.54) is 12.0 Å². The molecule has 0 N–H and O–H groups in total. The Morgan fingerprint density at radius 1 is 1.29 bits per heavy atom. The predicted octanol–water partition coefficient (Wildman–Crippen LogP) is 5.44. The smallest absolute Gasteiger partial charge is 0.0441 e. The quantitative estimate of drug-likeness (QED) is 0.669. The molecule has 1 aromatic rings. The number of halogens is 1. The SMILES string of the molecule is CC(C)c1ccc(C(Cl)=CC2CC2(C)C)cc1. The molecule has 1 aromatic carbocycles. The molecular formula is C16H21Cl. The van der Waals surface area contributed by atoms with Crippen LogP contribution in [0, 0.1) is 11.3 Å². The average Bonchev–Trinajstić information content (AvgIpc) is 2.86. The number of rotatable bonds is 3. The first-order chi connectivity index (χ1) is 7.90. The van der Waals surface area contributed by atoms with E-state index in [-0.39, 0.29) is 0 Å². The zero-order chi connectivity index (χ0) is 12.6. The fourth-order valence-corrected chi connectivity index (χ4v) is 2.37. The first kappa shape index (κ1) is 12.7. The van der Waals surface area contributed by atoms with Crippen molar-refractivity contribution in [1.82, 2.24) is 0 Å². The molecule has 0 radical (unpaired) electrons. The number of hydrogen-bond donors (Lipinski definition) is 0. The van der Waals surface area contributed by atoms with Gasteiger partial charge < -0.3 is 0 Å². The van der Waals surface area contributed by atoms with Crippen LogP contribution in [-0.2, 0) is 0 Å². The molecule has 1 heteroatoms. The summed E-state index contributed by atoms with van der Waals surface area (Å²) in [5, 5.41) is 0.899. The van der Waals surface area contributed by atoms with Crippen molar-refractivity contribution in [3.8, 4) is 0 Å². The van der Waals surface area contributed by atoms with Crippen LogP contribution in [0.25, 0.3) is 5.03 Å². The Bertz CT molecular complexity index is 423. The van der Waals surface area contributed by atoms with Crippen LogP contribution in [0.2, 0.25) is 0 Å². The van der Waals surface area contributed by atoms with Crippen molar-refractivity contribution in [2.24, 2.45) is 11.3 Å². The fourth-order valence-electron chi connectivity index (χ4n) is 2.09. The lowest BCUT2D eigenvalue weighted by Crippen LogP contribution is -1.89. The molecule has 0 aliphatic heterocycles. The van der Waals surface area contributed by atoms with Crippen LogP contribution in [0.1, 0.15) is 51.2 Å². The molecule has 1 saturated carbocycles. The van der Waals surface area contributed by atoms with Crippen LogP contribution >= 0.6 is 11.6 Å². The van der Waals surface area contributed by atoms with Crippen molar-refractivity contribution in [3.05, 3.63) is 41.5 Å². The zero-order valence-corrected chi connectivity index (χ0v) is 11.9. The van der Waals surface area contributed by atoms with Crippen molar-refractivity contribution in [3.63, 3.8) is 0 Å². The van der Waals surface area contributed by atoms with E-state index in [1.54, 1.807) is 0 Å². The third-order valence-electron chi connectivity index (χ3n) is 3.79. The molecule has 2 rings (SSSR count). The summed E-state index contributed by atoms with van der Waals surface area (Å²) < 4.78 is 0. The highest BCUT2D eigenvalue weighted by Gasteiger charge is 2.43. The maximum Gasteiger partial charge on any atom is 0.0441 e. The Morgan fingerprint density at radius 2 is 1.82 bits per heavy atom. The summed E-state index contributed by atoms with van der Waals surface area (Å²) in [6.07, 6.45) is 3.47. The highest BCUT2D eigenvalue weighted by molar-refractivity contribution is 6.48. The van der Waals surface area contributed by atoms with Crippen molar-refractivity contribution in [2.45, 2.75) is 40.0 Å². The fraction of sp³-hybridized carbons (Fsp3) is 0.500. The van der Waals surface area contributed by atoms with Gasteiger partial charge in [0.15, 0.2) is 0 Å². The normalized spacial score (nSPS) is 22.9. The van der Waals surface area contributed by atoms with Gasteiger partial charge >= 0.3 is 0 Å². The number of benzene rings is 1. The largest absolute Gasteiger partial charge is 0.0840 e. The highest BCUT2D eigenvalue weighted by Crippen LogP contribution is 2.53. The molecule has 1 aliphatic rings. The Labute approximate surface area is 110 Å².